The number of quaternary nitrogens is 1. The standard InChI is InChI=1S/C16H21NO3/c1-16(2,3)17(4)9-10-19-15(18)14-11-12-7-5-6-8-13(12)20-14/h5-8,11H,9-10H2,1-4H3/p+1. The topological polar surface area (TPSA) is 43.9 Å². The van der Waals surface area contributed by atoms with Crippen LogP contribution in [0.1, 0.15) is 31.3 Å². The van der Waals surface area contributed by atoms with E-state index in [4.69, 9.17) is 9.15 Å². The van der Waals surface area contributed by atoms with Gasteiger partial charge in [0.05, 0.1) is 12.6 Å². The molecule has 0 saturated carbocycles. The van der Waals surface area contributed by atoms with Gasteiger partial charge in [-0.05, 0) is 32.9 Å². The van der Waals surface area contributed by atoms with Gasteiger partial charge >= 0.3 is 5.97 Å². The average molecular weight is 276 g/mol. The predicted octanol–water partition coefficient (Wildman–Crippen LogP) is 1.90. The van der Waals surface area contributed by atoms with Crippen LogP contribution in [-0.4, -0.2) is 31.7 Å². The van der Waals surface area contributed by atoms with Crippen LogP contribution in [0.25, 0.3) is 11.0 Å². The molecule has 0 aliphatic heterocycles. The van der Waals surface area contributed by atoms with Gasteiger partial charge < -0.3 is 14.1 Å². The van der Waals surface area contributed by atoms with Crippen LogP contribution in [0.4, 0.5) is 0 Å². The lowest BCUT2D eigenvalue weighted by Gasteiger charge is -2.28. The van der Waals surface area contributed by atoms with Crippen LogP contribution in [0.2, 0.25) is 0 Å². The molecule has 4 heteroatoms. The number of carbonyl (C=O) groups excluding carboxylic acids is 1. The Bertz CT molecular complexity index is 562. The number of carbonyl (C=O) groups is 1. The van der Waals surface area contributed by atoms with Crippen LogP contribution < -0.4 is 4.90 Å². The number of furan rings is 1. The molecule has 1 aromatic carbocycles. The van der Waals surface area contributed by atoms with Crippen molar-refractivity contribution in [1.29, 1.82) is 0 Å². The fourth-order valence-electron chi connectivity index (χ4n) is 1.83. The second kappa shape index (κ2) is 5.67. The van der Waals surface area contributed by atoms with Crippen molar-refractivity contribution in [2.24, 2.45) is 0 Å². The molecule has 0 saturated heterocycles. The number of fused-ring (bicyclic) bond motifs is 1. The monoisotopic (exact) mass is 276 g/mol. The minimum Gasteiger partial charge on any atom is -0.454 e. The van der Waals surface area contributed by atoms with Crippen molar-refractivity contribution in [2.45, 2.75) is 26.3 Å². The summed E-state index contributed by atoms with van der Waals surface area (Å²) in [5, 5.41) is 0.914. The SMILES string of the molecule is C[NH+](CCOC(=O)c1cc2ccccc2o1)C(C)(C)C. The molecule has 0 bridgehead atoms. The van der Waals surface area contributed by atoms with Crippen LogP contribution >= 0.6 is 0 Å². The molecule has 4 nitrogen and oxygen atoms in total. The Balaban J connectivity index is 1.92. The number of rotatable bonds is 4. The lowest BCUT2D eigenvalue weighted by atomic mass is 10.1. The van der Waals surface area contributed by atoms with Gasteiger partial charge in [0.25, 0.3) is 0 Å². The third-order valence-corrected chi connectivity index (χ3v) is 3.62. The zero-order chi connectivity index (χ0) is 14.8. The van der Waals surface area contributed by atoms with E-state index in [1.165, 1.54) is 4.90 Å². The molecule has 2 rings (SSSR count). The van der Waals surface area contributed by atoms with E-state index in [1.807, 2.05) is 24.3 Å². The summed E-state index contributed by atoms with van der Waals surface area (Å²) in [5.74, 6) is -0.137. The number of nitrogens with one attached hydrogen (secondary N) is 1. The van der Waals surface area contributed by atoms with Crippen molar-refractivity contribution in [3.63, 3.8) is 0 Å². The highest BCUT2D eigenvalue weighted by Gasteiger charge is 2.21. The summed E-state index contributed by atoms with van der Waals surface area (Å²) in [7, 11) is 2.09. The summed E-state index contributed by atoms with van der Waals surface area (Å²) in [6, 6.07) is 9.26. The van der Waals surface area contributed by atoms with Crippen molar-refractivity contribution < 1.29 is 18.8 Å². The molecule has 0 amide bonds. The molecule has 1 unspecified atom stereocenters. The number of esters is 1. The summed E-state index contributed by atoms with van der Waals surface area (Å²) < 4.78 is 10.7. The Kier molecular flexibility index (Phi) is 4.14. The lowest BCUT2D eigenvalue weighted by molar-refractivity contribution is -0.927. The fourth-order valence-corrected chi connectivity index (χ4v) is 1.83. The Morgan fingerprint density at radius 2 is 2.00 bits per heavy atom. The number of hydrogen-bond donors (Lipinski definition) is 1. The van der Waals surface area contributed by atoms with Gasteiger partial charge in [0.2, 0.25) is 5.76 Å². The number of likely N-dealkylation sites (N-methyl/N-ethyl adjacent to an activating group) is 1. The van der Waals surface area contributed by atoms with Crippen LogP contribution in [0.5, 0.6) is 0 Å². The van der Waals surface area contributed by atoms with Crippen LogP contribution in [-0.2, 0) is 4.74 Å². The summed E-state index contributed by atoms with van der Waals surface area (Å²) in [5.41, 5.74) is 0.850. The van der Waals surface area contributed by atoms with Gasteiger partial charge in [0.15, 0.2) is 0 Å². The molecular formula is C16H22NO3+. The first-order valence-electron chi connectivity index (χ1n) is 6.86. The van der Waals surface area contributed by atoms with E-state index in [1.54, 1.807) is 6.07 Å². The minimum absolute atomic E-state index is 0.145. The van der Waals surface area contributed by atoms with E-state index >= 15 is 0 Å². The zero-order valence-electron chi connectivity index (χ0n) is 12.5. The Morgan fingerprint density at radius 1 is 1.30 bits per heavy atom. The highest BCUT2D eigenvalue weighted by atomic mass is 16.5. The van der Waals surface area contributed by atoms with Gasteiger partial charge in [-0.2, -0.15) is 0 Å². The molecule has 0 radical (unpaired) electrons. The Hall–Kier alpha value is -1.81. The lowest BCUT2D eigenvalue weighted by Crippen LogP contribution is -3.16. The first-order valence-corrected chi connectivity index (χ1v) is 6.86. The number of benzene rings is 1. The van der Waals surface area contributed by atoms with E-state index < -0.39 is 5.97 Å². The highest BCUT2D eigenvalue weighted by Crippen LogP contribution is 2.19. The van der Waals surface area contributed by atoms with Crippen molar-refractivity contribution in [3.8, 4) is 0 Å². The number of ether oxygens (including phenoxy) is 1. The van der Waals surface area contributed by atoms with Crippen molar-refractivity contribution >= 4 is 16.9 Å². The molecular weight excluding hydrogens is 254 g/mol. The van der Waals surface area contributed by atoms with Gasteiger partial charge in [-0.3, -0.25) is 0 Å². The molecule has 0 fully saturated rings. The Labute approximate surface area is 119 Å². The van der Waals surface area contributed by atoms with Gasteiger partial charge in [0.1, 0.15) is 18.7 Å². The van der Waals surface area contributed by atoms with Crippen molar-refractivity contribution in [2.75, 3.05) is 20.2 Å². The van der Waals surface area contributed by atoms with Gasteiger partial charge in [-0.25, -0.2) is 4.79 Å². The molecule has 1 N–H and O–H groups in total. The maximum absolute atomic E-state index is 11.9. The number of hydrogen-bond acceptors (Lipinski definition) is 3. The van der Waals surface area contributed by atoms with E-state index in [0.717, 1.165) is 11.9 Å². The zero-order valence-corrected chi connectivity index (χ0v) is 12.5. The molecule has 1 atom stereocenters. The summed E-state index contributed by atoms with van der Waals surface area (Å²) in [6.45, 7) is 7.63. The molecule has 1 aromatic heterocycles. The van der Waals surface area contributed by atoms with E-state index in [-0.39, 0.29) is 11.3 Å². The van der Waals surface area contributed by atoms with Crippen LogP contribution in [0, 0.1) is 0 Å². The summed E-state index contributed by atoms with van der Waals surface area (Å²) in [6.07, 6.45) is 0. The van der Waals surface area contributed by atoms with Crippen LogP contribution in [0.3, 0.4) is 0 Å². The maximum atomic E-state index is 11.9. The smallest absolute Gasteiger partial charge is 0.374 e. The second-order valence-electron chi connectivity index (χ2n) is 6.06. The minimum atomic E-state index is -0.400. The fraction of sp³-hybridized carbons (Fsp3) is 0.438. The van der Waals surface area contributed by atoms with Gasteiger partial charge in [0, 0.05) is 5.39 Å². The quantitative estimate of drug-likeness (QED) is 0.867. The molecule has 0 spiro atoms. The maximum Gasteiger partial charge on any atom is 0.374 e. The van der Waals surface area contributed by atoms with E-state index in [2.05, 4.69) is 27.8 Å². The molecule has 0 aliphatic rings. The molecule has 108 valence electrons. The van der Waals surface area contributed by atoms with E-state index in [0.29, 0.717) is 12.2 Å². The molecule has 1 heterocycles. The van der Waals surface area contributed by atoms with Crippen molar-refractivity contribution in [3.05, 3.63) is 36.1 Å². The normalized spacial score (nSPS) is 13.4. The molecule has 0 aliphatic carbocycles. The summed E-state index contributed by atoms with van der Waals surface area (Å²) >= 11 is 0. The second-order valence-corrected chi connectivity index (χ2v) is 6.06. The largest absolute Gasteiger partial charge is 0.454 e. The van der Waals surface area contributed by atoms with Crippen molar-refractivity contribution in [1.82, 2.24) is 0 Å². The van der Waals surface area contributed by atoms with Gasteiger partial charge in [-0.15, -0.1) is 0 Å². The average Bonchev–Trinajstić information content (AvgIpc) is 2.81. The predicted molar refractivity (Wildman–Crippen MR) is 78.0 cm³/mol. The number of para-hydroxylation sites is 1. The third kappa shape index (κ3) is 3.39. The molecule has 20 heavy (non-hydrogen) atoms. The van der Waals surface area contributed by atoms with Crippen LogP contribution in [0.15, 0.2) is 34.7 Å². The first kappa shape index (κ1) is 14.6. The highest BCUT2D eigenvalue weighted by molar-refractivity contribution is 5.92. The Morgan fingerprint density at radius 3 is 2.65 bits per heavy atom. The van der Waals surface area contributed by atoms with Gasteiger partial charge in [-0.1, -0.05) is 18.2 Å². The summed E-state index contributed by atoms with van der Waals surface area (Å²) in [4.78, 5) is 13.2. The van der Waals surface area contributed by atoms with E-state index in [9.17, 15) is 4.79 Å². The third-order valence-electron chi connectivity index (χ3n) is 3.62. The first-order chi connectivity index (χ1) is 9.38. The molecule has 2 aromatic rings.